The number of ether oxygens (including phenoxy) is 3. The van der Waals surface area contributed by atoms with E-state index in [1.54, 1.807) is 26.4 Å². The molecule has 1 rings (SSSR count). The van der Waals surface area contributed by atoms with Gasteiger partial charge in [0.05, 0.1) is 21.3 Å². The van der Waals surface area contributed by atoms with E-state index < -0.39 is 0 Å². The molecule has 0 aliphatic carbocycles. The minimum Gasteiger partial charge on any atom is -0.494 e. The highest BCUT2D eigenvalue weighted by Gasteiger charge is 2.17. The molecule has 0 unspecified atom stereocenters. The Kier molecular flexibility index (Phi) is 5.12. The summed E-state index contributed by atoms with van der Waals surface area (Å²) in [6.45, 7) is 0.440. The second-order valence-corrected chi connectivity index (χ2v) is 3.56. The van der Waals surface area contributed by atoms with Crippen molar-refractivity contribution in [2.24, 2.45) is 5.73 Å². The second-order valence-electron chi connectivity index (χ2n) is 3.19. The minimum atomic E-state index is 0.381. The van der Waals surface area contributed by atoms with Crippen molar-refractivity contribution in [1.29, 1.82) is 0 Å². The van der Waals surface area contributed by atoms with Gasteiger partial charge in [-0.25, -0.2) is 0 Å². The van der Waals surface area contributed by atoms with E-state index in [9.17, 15) is 0 Å². The first-order chi connectivity index (χ1) is 8.19. The Morgan fingerprint density at radius 3 is 2.29 bits per heavy atom. The Hall–Kier alpha value is -1.39. The standard InChI is InChI=1S/C12H16ClNO3/c1-15-9-7-8(5-4-6-14)11(16-2)10(13)12(9)17-3/h4-5,7H,6,14H2,1-3H3/b5-4+. The van der Waals surface area contributed by atoms with Crippen molar-refractivity contribution in [3.8, 4) is 17.2 Å². The fraction of sp³-hybridized carbons (Fsp3) is 0.333. The average molecular weight is 258 g/mol. The Morgan fingerprint density at radius 2 is 1.82 bits per heavy atom. The zero-order valence-electron chi connectivity index (χ0n) is 10.1. The fourth-order valence-corrected chi connectivity index (χ4v) is 1.83. The Labute approximate surface area is 106 Å². The van der Waals surface area contributed by atoms with E-state index in [0.29, 0.717) is 28.8 Å². The molecule has 0 aliphatic rings. The Morgan fingerprint density at radius 1 is 1.18 bits per heavy atom. The lowest BCUT2D eigenvalue weighted by atomic mass is 10.1. The molecule has 0 saturated heterocycles. The van der Waals surface area contributed by atoms with Crippen LogP contribution in [0.4, 0.5) is 0 Å². The van der Waals surface area contributed by atoms with Crippen LogP contribution in [0, 0.1) is 0 Å². The number of nitrogens with two attached hydrogens (primary N) is 1. The molecule has 1 aromatic rings. The van der Waals surface area contributed by atoms with Crippen molar-refractivity contribution in [1.82, 2.24) is 0 Å². The lowest BCUT2D eigenvalue weighted by Crippen LogP contribution is -1.97. The predicted molar refractivity (Wildman–Crippen MR) is 69.2 cm³/mol. The molecule has 0 fully saturated rings. The third kappa shape index (κ3) is 2.84. The van der Waals surface area contributed by atoms with Gasteiger partial charge in [-0.1, -0.05) is 23.8 Å². The van der Waals surface area contributed by atoms with Gasteiger partial charge in [0.1, 0.15) is 10.8 Å². The molecule has 0 bridgehead atoms. The molecule has 1 aromatic carbocycles. The molecule has 0 heterocycles. The molecular formula is C12H16ClNO3. The van der Waals surface area contributed by atoms with Crippen LogP contribution < -0.4 is 19.9 Å². The Bertz CT molecular complexity index is 419. The summed E-state index contributed by atoms with van der Waals surface area (Å²) in [5, 5.41) is 0.381. The molecule has 0 aliphatic heterocycles. The van der Waals surface area contributed by atoms with Crippen LogP contribution in [0.5, 0.6) is 17.2 Å². The van der Waals surface area contributed by atoms with Gasteiger partial charge in [0.2, 0.25) is 0 Å². The molecule has 0 atom stereocenters. The molecule has 0 amide bonds. The number of hydrogen-bond donors (Lipinski definition) is 1. The van der Waals surface area contributed by atoms with Crippen LogP contribution in [0.3, 0.4) is 0 Å². The summed E-state index contributed by atoms with van der Waals surface area (Å²) < 4.78 is 15.6. The van der Waals surface area contributed by atoms with E-state index in [4.69, 9.17) is 31.5 Å². The van der Waals surface area contributed by atoms with Gasteiger partial charge in [0, 0.05) is 12.1 Å². The highest BCUT2D eigenvalue weighted by Crippen LogP contribution is 2.44. The third-order valence-corrected chi connectivity index (χ3v) is 2.58. The maximum Gasteiger partial charge on any atom is 0.183 e. The molecule has 4 nitrogen and oxygen atoms in total. The van der Waals surface area contributed by atoms with E-state index in [2.05, 4.69) is 0 Å². The zero-order chi connectivity index (χ0) is 12.8. The molecule has 0 aromatic heterocycles. The normalized spacial score (nSPS) is 10.6. The summed E-state index contributed by atoms with van der Waals surface area (Å²) in [6.07, 6.45) is 3.63. The van der Waals surface area contributed by atoms with Crippen LogP contribution in [-0.2, 0) is 0 Å². The van der Waals surface area contributed by atoms with Crippen molar-refractivity contribution in [3.05, 3.63) is 22.7 Å². The van der Waals surface area contributed by atoms with E-state index >= 15 is 0 Å². The number of halogens is 1. The van der Waals surface area contributed by atoms with Crippen LogP contribution in [-0.4, -0.2) is 27.9 Å². The van der Waals surface area contributed by atoms with Crippen molar-refractivity contribution in [2.75, 3.05) is 27.9 Å². The molecule has 5 heteroatoms. The van der Waals surface area contributed by atoms with Crippen LogP contribution >= 0.6 is 11.6 Å². The monoisotopic (exact) mass is 257 g/mol. The second kappa shape index (κ2) is 6.37. The van der Waals surface area contributed by atoms with Gasteiger partial charge < -0.3 is 19.9 Å². The highest BCUT2D eigenvalue weighted by molar-refractivity contribution is 6.34. The highest BCUT2D eigenvalue weighted by atomic mass is 35.5. The molecule has 94 valence electrons. The van der Waals surface area contributed by atoms with Gasteiger partial charge >= 0.3 is 0 Å². The molecule has 17 heavy (non-hydrogen) atoms. The van der Waals surface area contributed by atoms with Crippen molar-refractivity contribution in [2.45, 2.75) is 0 Å². The first kappa shape index (κ1) is 13.7. The van der Waals surface area contributed by atoms with Gasteiger partial charge in [-0.05, 0) is 6.07 Å². The van der Waals surface area contributed by atoms with Gasteiger partial charge in [-0.3, -0.25) is 0 Å². The average Bonchev–Trinajstić information content (AvgIpc) is 2.35. The summed E-state index contributed by atoms with van der Waals surface area (Å²) in [4.78, 5) is 0. The molecule has 2 N–H and O–H groups in total. The number of hydrogen-bond acceptors (Lipinski definition) is 4. The smallest absolute Gasteiger partial charge is 0.183 e. The molecule has 0 saturated carbocycles. The summed E-state index contributed by atoms with van der Waals surface area (Å²) in [7, 11) is 4.63. The maximum absolute atomic E-state index is 6.18. The van der Waals surface area contributed by atoms with Gasteiger partial charge in [0.25, 0.3) is 0 Å². The molecular weight excluding hydrogens is 242 g/mol. The summed E-state index contributed by atoms with van der Waals surface area (Å²) in [5.74, 6) is 1.54. The van der Waals surface area contributed by atoms with Crippen molar-refractivity contribution in [3.63, 3.8) is 0 Å². The Balaban J connectivity index is 3.39. The SMILES string of the molecule is COc1cc(/C=C/CN)c(OC)c(Cl)c1OC. The largest absolute Gasteiger partial charge is 0.494 e. The lowest BCUT2D eigenvalue weighted by molar-refractivity contribution is 0.349. The topological polar surface area (TPSA) is 53.7 Å². The summed E-state index contributed by atoms with van der Waals surface area (Å²) in [6, 6.07) is 1.79. The minimum absolute atomic E-state index is 0.381. The van der Waals surface area contributed by atoms with Gasteiger partial charge in [0.15, 0.2) is 11.5 Å². The van der Waals surface area contributed by atoms with Crippen molar-refractivity contribution >= 4 is 17.7 Å². The van der Waals surface area contributed by atoms with E-state index in [1.807, 2.05) is 6.08 Å². The fourth-order valence-electron chi connectivity index (χ4n) is 1.48. The molecule has 0 radical (unpaired) electrons. The zero-order valence-corrected chi connectivity index (χ0v) is 10.9. The number of methoxy groups -OCH3 is 3. The quantitative estimate of drug-likeness (QED) is 0.880. The lowest BCUT2D eigenvalue weighted by Gasteiger charge is -2.14. The third-order valence-electron chi connectivity index (χ3n) is 2.23. The van der Waals surface area contributed by atoms with Crippen LogP contribution in [0.2, 0.25) is 5.02 Å². The van der Waals surface area contributed by atoms with Gasteiger partial charge in [-0.15, -0.1) is 0 Å². The van der Waals surface area contributed by atoms with Crippen LogP contribution in [0.25, 0.3) is 6.08 Å². The van der Waals surface area contributed by atoms with E-state index in [1.165, 1.54) is 7.11 Å². The maximum atomic E-state index is 6.18. The van der Waals surface area contributed by atoms with Crippen LogP contribution in [0.15, 0.2) is 12.1 Å². The van der Waals surface area contributed by atoms with Crippen LogP contribution in [0.1, 0.15) is 5.56 Å². The van der Waals surface area contributed by atoms with E-state index in [-0.39, 0.29) is 0 Å². The predicted octanol–water partition coefficient (Wildman–Crippen LogP) is 2.34. The summed E-state index contributed by atoms with van der Waals surface area (Å²) >= 11 is 6.18. The molecule has 0 spiro atoms. The first-order valence-corrected chi connectivity index (χ1v) is 5.42. The van der Waals surface area contributed by atoms with E-state index in [0.717, 1.165) is 5.56 Å². The summed E-state index contributed by atoms with van der Waals surface area (Å²) in [5.41, 5.74) is 6.21. The van der Waals surface area contributed by atoms with Crippen molar-refractivity contribution < 1.29 is 14.2 Å². The first-order valence-electron chi connectivity index (χ1n) is 5.04. The van der Waals surface area contributed by atoms with Gasteiger partial charge in [-0.2, -0.15) is 0 Å². The number of rotatable bonds is 5. The number of benzene rings is 1.